The van der Waals surface area contributed by atoms with Gasteiger partial charge >= 0.3 is 0 Å². The smallest absolute Gasteiger partial charge is 0.0652 e. The van der Waals surface area contributed by atoms with Gasteiger partial charge < -0.3 is 5.73 Å². The van der Waals surface area contributed by atoms with E-state index in [-0.39, 0.29) is 5.54 Å². The molecule has 1 aromatic heterocycles. The van der Waals surface area contributed by atoms with E-state index in [1.54, 1.807) is 0 Å². The van der Waals surface area contributed by atoms with E-state index in [1.165, 1.54) is 11.3 Å². The fraction of sp³-hybridized carbons (Fsp3) is 0.545. The molecule has 0 unspecified atom stereocenters. The standard InChI is InChI=1S/C11H17N3/c1-8-9(2)13-14(3)10(8)11(12)6-4-5-7-11/h4-5H,6-7,12H2,1-3H3. The van der Waals surface area contributed by atoms with E-state index < -0.39 is 0 Å². The zero-order chi connectivity index (χ0) is 10.3. The van der Waals surface area contributed by atoms with Crippen molar-refractivity contribution in [3.63, 3.8) is 0 Å². The molecule has 2 rings (SSSR count). The van der Waals surface area contributed by atoms with E-state index in [0.29, 0.717) is 0 Å². The van der Waals surface area contributed by atoms with Gasteiger partial charge in [-0.05, 0) is 32.3 Å². The molecule has 0 bridgehead atoms. The summed E-state index contributed by atoms with van der Waals surface area (Å²) in [4.78, 5) is 0. The zero-order valence-electron chi connectivity index (χ0n) is 9.04. The summed E-state index contributed by atoms with van der Waals surface area (Å²) in [7, 11) is 1.97. The molecular weight excluding hydrogens is 174 g/mol. The summed E-state index contributed by atoms with van der Waals surface area (Å²) >= 11 is 0. The Balaban J connectivity index is 2.50. The molecule has 1 aromatic rings. The molecule has 0 spiro atoms. The average molecular weight is 191 g/mol. The van der Waals surface area contributed by atoms with Crippen LogP contribution in [0.5, 0.6) is 0 Å². The number of hydrogen-bond donors (Lipinski definition) is 1. The summed E-state index contributed by atoms with van der Waals surface area (Å²) in [6, 6.07) is 0. The second kappa shape index (κ2) is 2.95. The van der Waals surface area contributed by atoms with Crippen LogP contribution in [0, 0.1) is 13.8 Å². The van der Waals surface area contributed by atoms with Crippen LogP contribution in [0.15, 0.2) is 12.2 Å². The highest BCUT2D eigenvalue weighted by Crippen LogP contribution is 2.34. The van der Waals surface area contributed by atoms with Crippen molar-refractivity contribution >= 4 is 0 Å². The molecule has 76 valence electrons. The van der Waals surface area contributed by atoms with E-state index in [2.05, 4.69) is 24.2 Å². The monoisotopic (exact) mass is 191 g/mol. The van der Waals surface area contributed by atoms with Crippen molar-refractivity contribution in [1.29, 1.82) is 0 Å². The molecule has 0 amide bonds. The average Bonchev–Trinajstić information content (AvgIpc) is 2.60. The highest BCUT2D eigenvalue weighted by molar-refractivity contribution is 5.33. The minimum absolute atomic E-state index is 0.222. The normalized spacial score (nSPS) is 19.1. The van der Waals surface area contributed by atoms with E-state index in [0.717, 1.165) is 18.5 Å². The third-order valence-corrected chi connectivity index (χ3v) is 3.12. The molecule has 2 N–H and O–H groups in total. The first-order valence-corrected chi connectivity index (χ1v) is 4.99. The summed E-state index contributed by atoms with van der Waals surface area (Å²) < 4.78 is 1.93. The first-order chi connectivity index (χ1) is 6.54. The van der Waals surface area contributed by atoms with Crippen LogP contribution in [-0.4, -0.2) is 9.78 Å². The van der Waals surface area contributed by atoms with Crippen LogP contribution in [0.2, 0.25) is 0 Å². The first-order valence-electron chi connectivity index (χ1n) is 4.99. The van der Waals surface area contributed by atoms with Crippen LogP contribution < -0.4 is 5.73 Å². The van der Waals surface area contributed by atoms with Crippen LogP contribution in [-0.2, 0) is 12.6 Å². The molecule has 1 heterocycles. The Morgan fingerprint density at radius 3 is 2.36 bits per heavy atom. The highest BCUT2D eigenvalue weighted by atomic mass is 15.3. The largest absolute Gasteiger partial charge is 0.320 e. The van der Waals surface area contributed by atoms with Gasteiger partial charge in [-0.15, -0.1) is 0 Å². The molecule has 0 aliphatic heterocycles. The number of nitrogens with two attached hydrogens (primary N) is 1. The number of aryl methyl sites for hydroxylation is 2. The van der Waals surface area contributed by atoms with Gasteiger partial charge in [0.2, 0.25) is 0 Å². The van der Waals surface area contributed by atoms with Gasteiger partial charge in [0.05, 0.1) is 16.9 Å². The quantitative estimate of drug-likeness (QED) is 0.684. The van der Waals surface area contributed by atoms with Crippen molar-refractivity contribution in [1.82, 2.24) is 9.78 Å². The maximum absolute atomic E-state index is 6.37. The van der Waals surface area contributed by atoms with Crippen molar-refractivity contribution in [2.45, 2.75) is 32.2 Å². The van der Waals surface area contributed by atoms with Crippen LogP contribution in [0.4, 0.5) is 0 Å². The predicted molar refractivity (Wildman–Crippen MR) is 56.9 cm³/mol. The predicted octanol–water partition coefficient (Wildman–Crippen LogP) is 1.54. The fourth-order valence-corrected chi connectivity index (χ4v) is 2.32. The van der Waals surface area contributed by atoms with E-state index in [4.69, 9.17) is 5.73 Å². The number of nitrogens with zero attached hydrogens (tertiary/aromatic N) is 2. The number of rotatable bonds is 1. The summed E-state index contributed by atoms with van der Waals surface area (Å²) in [5.74, 6) is 0. The molecule has 0 radical (unpaired) electrons. The molecule has 3 heteroatoms. The molecule has 0 fully saturated rings. The zero-order valence-corrected chi connectivity index (χ0v) is 9.04. The molecule has 0 atom stereocenters. The molecule has 3 nitrogen and oxygen atoms in total. The molecule has 0 saturated carbocycles. The molecule has 1 aliphatic rings. The molecule has 0 aromatic carbocycles. The Hall–Kier alpha value is -1.09. The lowest BCUT2D eigenvalue weighted by Gasteiger charge is -2.25. The lowest BCUT2D eigenvalue weighted by Crippen LogP contribution is -2.36. The summed E-state index contributed by atoms with van der Waals surface area (Å²) in [5, 5.41) is 4.41. The maximum atomic E-state index is 6.37. The van der Waals surface area contributed by atoms with Gasteiger partial charge in [0.25, 0.3) is 0 Å². The van der Waals surface area contributed by atoms with E-state index in [1.807, 2.05) is 18.7 Å². The first kappa shape index (κ1) is 9.46. The van der Waals surface area contributed by atoms with Gasteiger partial charge in [0, 0.05) is 7.05 Å². The van der Waals surface area contributed by atoms with Gasteiger partial charge in [0.15, 0.2) is 0 Å². The Morgan fingerprint density at radius 1 is 1.36 bits per heavy atom. The summed E-state index contributed by atoms with van der Waals surface area (Å²) in [5.41, 5.74) is 9.65. The Kier molecular flexibility index (Phi) is 2.00. The fourth-order valence-electron chi connectivity index (χ4n) is 2.32. The third kappa shape index (κ3) is 1.20. The summed E-state index contributed by atoms with van der Waals surface area (Å²) in [6.45, 7) is 4.13. The molecular formula is C11H17N3. The summed E-state index contributed by atoms with van der Waals surface area (Å²) in [6.07, 6.45) is 6.16. The van der Waals surface area contributed by atoms with Gasteiger partial charge in [-0.3, -0.25) is 4.68 Å². The lowest BCUT2D eigenvalue weighted by molar-refractivity contribution is 0.436. The second-order valence-corrected chi connectivity index (χ2v) is 4.22. The van der Waals surface area contributed by atoms with Gasteiger partial charge in [0.1, 0.15) is 0 Å². The van der Waals surface area contributed by atoms with Crippen LogP contribution >= 0.6 is 0 Å². The lowest BCUT2D eigenvalue weighted by atomic mass is 9.90. The minimum atomic E-state index is -0.222. The van der Waals surface area contributed by atoms with Crippen LogP contribution in [0.3, 0.4) is 0 Å². The number of aromatic nitrogens is 2. The molecule has 1 aliphatic carbocycles. The Morgan fingerprint density at radius 2 is 1.93 bits per heavy atom. The topological polar surface area (TPSA) is 43.8 Å². The minimum Gasteiger partial charge on any atom is -0.320 e. The van der Waals surface area contributed by atoms with Crippen molar-refractivity contribution < 1.29 is 0 Å². The van der Waals surface area contributed by atoms with Gasteiger partial charge in [-0.2, -0.15) is 5.10 Å². The van der Waals surface area contributed by atoms with Crippen LogP contribution in [0.25, 0.3) is 0 Å². The van der Waals surface area contributed by atoms with Crippen molar-refractivity contribution in [3.8, 4) is 0 Å². The van der Waals surface area contributed by atoms with Crippen molar-refractivity contribution in [3.05, 3.63) is 29.1 Å². The maximum Gasteiger partial charge on any atom is 0.0652 e. The Bertz CT molecular complexity index is 379. The van der Waals surface area contributed by atoms with Crippen LogP contribution in [0.1, 0.15) is 29.8 Å². The molecule has 14 heavy (non-hydrogen) atoms. The van der Waals surface area contributed by atoms with E-state index in [9.17, 15) is 0 Å². The third-order valence-electron chi connectivity index (χ3n) is 3.12. The number of hydrogen-bond acceptors (Lipinski definition) is 2. The SMILES string of the molecule is Cc1nn(C)c(C2(N)CC=CC2)c1C. The van der Waals surface area contributed by atoms with E-state index >= 15 is 0 Å². The highest BCUT2D eigenvalue weighted by Gasteiger charge is 2.33. The molecule has 0 saturated heterocycles. The second-order valence-electron chi connectivity index (χ2n) is 4.22. The van der Waals surface area contributed by atoms with Crippen molar-refractivity contribution in [2.24, 2.45) is 12.8 Å². The van der Waals surface area contributed by atoms with Gasteiger partial charge in [-0.1, -0.05) is 12.2 Å². The van der Waals surface area contributed by atoms with Gasteiger partial charge in [-0.25, -0.2) is 0 Å². The Labute approximate surface area is 84.6 Å². The van der Waals surface area contributed by atoms with Crippen molar-refractivity contribution in [2.75, 3.05) is 0 Å².